The monoisotopic (exact) mass is 294 g/mol. The van der Waals surface area contributed by atoms with Crippen LogP contribution in [-0.4, -0.2) is 43.3 Å². The molecule has 2 amide bonds. The van der Waals surface area contributed by atoms with E-state index in [9.17, 15) is 14.4 Å². The maximum Gasteiger partial charge on any atom is 0.337 e. The van der Waals surface area contributed by atoms with E-state index in [1.807, 2.05) is 0 Å². The van der Waals surface area contributed by atoms with Crippen molar-refractivity contribution in [3.63, 3.8) is 0 Å². The first kappa shape index (κ1) is 16.5. The molecule has 0 unspecified atom stereocenters. The first-order valence-electron chi connectivity index (χ1n) is 6.46. The molecule has 7 nitrogen and oxygen atoms in total. The van der Waals surface area contributed by atoms with Crippen molar-refractivity contribution in [1.82, 2.24) is 5.32 Å². The third kappa shape index (κ3) is 4.79. The first-order chi connectivity index (χ1) is 9.97. The molecule has 2 N–H and O–H groups in total. The highest BCUT2D eigenvalue weighted by Gasteiger charge is 2.17. The van der Waals surface area contributed by atoms with Crippen molar-refractivity contribution in [2.45, 2.75) is 13.3 Å². The Morgan fingerprint density at radius 2 is 1.95 bits per heavy atom. The first-order valence-corrected chi connectivity index (χ1v) is 6.46. The maximum atomic E-state index is 11.9. The molecule has 0 atom stereocenters. The summed E-state index contributed by atoms with van der Waals surface area (Å²) in [6.07, 6.45) is 0.0635. The molecule has 0 spiro atoms. The fourth-order valence-corrected chi connectivity index (χ4v) is 1.68. The Bertz CT molecular complexity index is 530. The smallest absolute Gasteiger partial charge is 0.337 e. The molecule has 1 rings (SSSR count). The third-order valence-electron chi connectivity index (χ3n) is 2.71. The van der Waals surface area contributed by atoms with E-state index < -0.39 is 18.0 Å². The number of carbonyl (C=O) groups excluding carboxylic acids is 2. The quantitative estimate of drug-likeness (QED) is 0.775. The predicted molar refractivity (Wildman–Crippen MR) is 76.5 cm³/mol. The molecule has 0 aliphatic heterocycles. The minimum absolute atomic E-state index is 0.0283. The number of nitrogens with one attached hydrogen (secondary N) is 1. The number of para-hydroxylation sites is 1. The number of carboxylic acid groups (broad SMARTS) is 1. The van der Waals surface area contributed by atoms with Crippen molar-refractivity contribution in [1.29, 1.82) is 0 Å². The van der Waals surface area contributed by atoms with E-state index >= 15 is 0 Å². The Balaban J connectivity index is 2.63. The number of ether oxygens (including phenoxy) is 1. The molecule has 7 heteroatoms. The van der Waals surface area contributed by atoms with Gasteiger partial charge in [-0.25, -0.2) is 9.59 Å². The number of esters is 1. The summed E-state index contributed by atoms with van der Waals surface area (Å²) >= 11 is 0. The minimum Gasteiger partial charge on any atom is -0.478 e. The van der Waals surface area contributed by atoms with Crippen LogP contribution in [0, 0.1) is 0 Å². The Morgan fingerprint density at radius 3 is 2.57 bits per heavy atom. The lowest BCUT2D eigenvalue weighted by molar-refractivity contribution is -0.142. The van der Waals surface area contributed by atoms with E-state index in [0.717, 1.165) is 0 Å². The van der Waals surface area contributed by atoms with Crippen LogP contribution in [0.1, 0.15) is 23.7 Å². The number of hydrogen-bond donors (Lipinski definition) is 2. The average molecular weight is 294 g/mol. The van der Waals surface area contributed by atoms with Gasteiger partial charge in [-0.3, -0.25) is 9.69 Å². The van der Waals surface area contributed by atoms with E-state index in [-0.39, 0.29) is 24.2 Å². The summed E-state index contributed by atoms with van der Waals surface area (Å²) in [6, 6.07) is 5.69. The number of amides is 2. The minimum atomic E-state index is -1.11. The second-order valence-corrected chi connectivity index (χ2v) is 4.17. The molecule has 1 aromatic rings. The summed E-state index contributed by atoms with van der Waals surface area (Å²) in [6.45, 7) is 2.11. The number of carboxylic acids is 1. The van der Waals surface area contributed by atoms with Crippen molar-refractivity contribution in [2.24, 2.45) is 0 Å². The number of urea groups is 1. The standard InChI is InChI=1S/C14H18N2O5/c1-3-21-12(17)8-9-15-14(20)16(2)11-7-5-4-6-10(11)13(18)19/h4-7H,3,8-9H2,1-2H3,(H,15,20)(H,18,19). The molecule has 21 heavy (non-hydrogen) atoms. The van der Waals surface area contributed by atoms with Gasteiger partial charge in [-0.2, -0.15) is 0 Å². The van der Waals surface area contributed by atoms with Crippen LogP contribution >= 0.6 is 0 Å². The summed E-state index contributed by atoms with van der Waals surface area (Å²) in [5.74, 6) is -1.51. The van der Waals surface area contributed by atoms with Crippen molar-refractivity contribution in [3.05, 3.63) is 29.8 Å². The third-order valence-corrected chi connectivity index (χ3v) is 2.71. The lowest BCUT2D eigenvalue weighted by atomic mass is 10.1. The van der Waals surface area contributed by atoms with Gasteiger partial charge in [0.05, 0.1) is 24.3 Å². The SMILES string of the molecule is CCOC(=O)CCNC(=O)N(C)c1ccccc1C(=O)O. The molecule has 0 radical (unpaired) electrons. The van der Waals surface area contributed by atoms with Gasteiger partial charge in [-0.05, 0) is 19.1 Å². The van der Waals surface area contributed by atoms with Gasteiger partial charge >= 0.3 is 18.0 Å². The number of carbonyl (C=O) groups is 3. The van der Waals surface area contributed by atoms with Gasteiger partial charge in [0.2, 0.25) is 0 Å². The highest BCUT2D eigenvalue weighted by Crippen LogP contribution is 2.19. The molecule has 1 aromatic carbocycles. The summed E-state index contributed by atoms with van der Waals surface area (Å²) in [5, 5.41) is 11.6. The van der Waals surface area contributed by atoms with Crippen molar-refractivity contribution >= 4 is 23.7 Å². The van der Waals surface area contributed by atoms with Gasteiger partial charge in [0.1, 0.15) is 0 Å². The largest absolute Gasteiger partial charge is 0.478 e. The van der Waals surface area contributed by atoms with Crippen LogP contribution in [-0.2, 0) is 9.53 Å². The van der Waals surface area contributed by atoms with Crippen molar-refractivity contribution in [2.75, 3.05) is 25.1 Å². The zero-order valence-corrected chi connectivity index (χ0v) is 12.0. The predicted octanol–water partition coefficient (Wildman–Crippen LogP) is 1.48. The van der Waals surface area contributed by atoms with Crippen LogP contribution in [0.25, 0.3) is 0 Å². The summed E-state index contributed by atoms with van der Waals surface area (Å²) in [7, 11) is 1.46. The van der Waals surface area contributed by atoms with Gasteiger partial charge in [0, 0.05) is 13.6 Å². The Hall–Kier alpha value is -2.57. The van der Waals surface area contributed by atoms with Crippen LogP contribution in [0.5, 0.6) is 0 Å². The summed E-state index contributed by atoms with van der Waals surface area (Å²) < 4.78 is 4.74. The summed E-state index contributed by atoms with van der Waals surface area (Å²) in [5.41, 5.74) is 0.305. The zero-order valence-electron chi connectivity index (χ0n) is 12.0. The average Bonchev–Trinajstić information content (AvgIpc) is 2.46. The number of benzene rings is 1. The molecular weight excluding hydrogens is 276 g/mol. The van der Waals surface area contributed by atoms with Crippen LogP contribution in [0.15, 0.2) is 24.3 Å². The van der Waals surface area contributed by atoms with Gasteiger partial charge in [-0.1, -0.05) is 12.1 Å². The molecule has 0 bridgehead atoms. The highest BCUT2D eigenvalue weighted by molar-refractivity contribution is 6.01. The van der Waals surface area contributed by atoms with Gasteiger partial charge in [0.15, 0.2) is 0 Å². The Kier molecular flexibility index (Phi) is 6.19. The zero-order chi connectivity index (χ0) is 15.8. The van der Waals surface area contributed by atoms with Crippen LogP contribution in [0.2, 0.25) is 0 Å². The Labute approximate surface area is 122 Å². The molecule has 114 valence electrons. The van der Waals surface area contributed by atoms with Gasteiger partial charge < -0.3 is 15.2 Å². The topological polar surface area (TPSA) is 95.9 Å². The molecular formula is C14H18N2O5. The van der Waals surface area contributed by atoms with E-state index in [4.69, 9.17) is 9.84 Å². The molecule has 0 aliphatic carbocycles. The van der Waals surface area contributed by atoms with E-state index in [1.54, 1.807) is 19.1 Å². The number of anilines is 1. The molecule has 0 fully saturated rings. The van der Waals surface area contributed by atoms with E-state index in [2.05, 4.69) is 5.32 Å². The normalized spacial score (nSPS) is 9.81. The molecule has 0 heterocycles. The fraction of sp³-hybridized carbons (Fsp3) is 0.357. The van der Waals surface area contributed by atoms with E-state index in [0.29, 0.717) is 6.61 Å². The van der Waals surface area contributed by atoms with Crippen LogP contribution in [0.4, 0.5) is 10.5 Å². The van der Waals surface area contributed by atoms with Crippen LogP contribution in [0.3, 0.4) is 0 Å². The van der Waals surface area contributed by atoms with Crippen molar-refractivity contribution in [3.8, 4) is 0 Å². The Morgan fingerprint density at radius 1 is 1.29 bits per heavy atom. The second-order valence-electron chi connectivity index (χ2n) is 4.17. The molecule has 0 aliphatic rings. The van der Waals surface area contributed by atoms with Gasteiger partial charge in [0.25, 0.3) is 0 Å². The maximum absolute atomic E-state index is 11.9. The lowest BCUT2D eigenvalue weighted by Crippen LogP contribution is -2.39. The fourth-order valence-electron chi connectivity index (χ4n) is 1.68. The number of aromatic carboxylic acids is 1. The molecule has 0 saturated carbocycles. The lowest BCUT2D eigenvalue weighted by Gasteiger charge is -2.19. The second kappa shape index (κ2) is 7.88. The van der Waals surface area contributed by atoms with Crippen molar-refractivity contribution < 1.29 is 24.2 Å². The number of rotatable bonds is 6. The number of hydrogen-bond acceptors (Lipinski definition) is 4. The number of nitrogens with zero attached hydrogens (tertiary/aromatic N) is 1. The van der Waals surface area contributed by atoms with Gasteiger partial charge in [-0.15, -0.1) is 0 Å². The van der Waals surface area contributed by atoms with E-state index in [1.165, 1.54) is 24.1 Å². The molecule has 0 saturated heterocycles. The summed E-state index contributed by atoms with van der Waals surface area (Å²) in [4.78, 5) is 35.4. The van der Waals surface area contributed by atoms with Crippen LogP contribution < -0.4 is 10.2 Å². The molecule has 0 aromatic heterocycles. The highest BCUT2D eigenvalue weighted by atomic mass is 16.5.